The predicted octanol–water partition coefficient (Wildman–Crippen LogP) is 2.24. The number of amides is 3. The Morgan fingerprint density at radius 1 is 1.22 bits per heavy atom. The minimum absolute atomic E-state index is 0.0869. The van der Waals surface area contributed by atoms with Crippen LogP contribution in [0.15, 0.2) is 24.3 Å². The molecule has 0 unspecified atom stereocenters. The summed E-state index contributed by atoms with van der Waals surface area (Å²) in [6.07, 6.45) is 0. The highest BCUT2D eigenvalue weighted by molar-refractivity contribution is 5.96. The molecule has 1 aromatic rings. The average molecular weight is 319 g/mol. The molecule has 0 atom stereocenters. The van der Waals surface area contributed by atoms with Crippen LogP contribution >= 0.6 is 0 Å². The van der Waals surface area contributed by atoms with E-state index in [1.54, 1.807) is 9.80 Å². The Hall–Kier alpha value is -2.24. The molecule has 6 heteroatoms. The highest BCUT2D eigenvalue weighted by Crippen LogP contribution is 2.23. The molecular formula is C17H25N3O3. The molecule has 0 aromatic heterocycles. The van der Waals surface area contributed by atoms with Crippen LogP contribution in [0.5, 0.6) is 5.75 Å². The monoisotopic (exact) mass is 319 g/mol. The molecule has 0 bridgehead atoms. The van der Waals surface area contributed by atoms with E-state index in [1.165, 1.54) is 0 Å². The molecule has 1 fully saturated rings. The van der Waals surface area contributed by atoms with Gasteiger partial charge in [-0.25, -0.2) is 4.79 Å². The van der Waals surface area contributed by atoms with Gasteiger partial charge in [0, 0.05) is 24.3 Å². The highest BCUT2D eigenvalue weighted by Gasteiger charge is 2.31. The molecule has 126 valence electrons. The van der Waals surface area contributed by atoms with Crippen LogP contribution in [-0.2, 0) is 4.79 Å². The summed E-state index contributed by atoms with van der Waals surface area (Å²) in [5.74, 6) is 0.642. The van der Waals surface area contributed by atoms with E-state index in [4.69, 9.17) is 4.74 Å². The van der Waals surface area contributed by atoms with Gasteiger partial charge in [0.1, 0.15) is 12.3 Å². The zero-order chi connectivity index (χ0) is 17.0. The Morgan fingerprint density at radius 3 is 2.43 bits per heavy atom. The number of hydrogen-bond acceptors (Lipinski definition) is 3. The van der Waals surface area contributed by atoms with Crippen molar-refractivity contribution in [2.24, 2.45) is 0 Å². The van der Waals surface area contributed by atoms with E-state index in [2.05, 4.69) is 5.32 Å². The van der Waals surface area contributed by atoms with Gasteiger partial charge in [0.2, 0.25) is 5.91 Å². The molecule has 23 heavy (non-hydrogen) atoms. The number of ether oxygens (including phenoxy) is 1. The van der Waals surface area contributed by atoms with Gasteiger partial charge in [-0.2, -0.15) is 0 Å². The summed E-state index contributed by atoms with van der Waals surface area (Å²) in [5, 5.41) is 2.87. The van der Waals surface area contributed by atoms with E-state index in [9.17, 15) is 9.59 Å². The number of nitrogens with zero attached hydrogens (tertiary/aromatic N) is 2. The SMILES string of the molecule is CCOc1ccc(N2CCN(CC(=O)NC(C)(C)C)C2=O)cc1. The summed E-state index contributed by atoms with van der Waals surface area (Å²) >= 11 is 0. The number of hydrogen-bond donors (Lipinski definition) is 1. The molecule has 6 nitrogen and oxygen atoms in total. The third-order valence-corrected chi connectivity index (χ3v) is 3.40. The second-order valence-electron chi connectivity index (χ2n) is 6.58. The van der Waals surface area contributed by atoms with Gasteiger partial charge in [0.05, 0.1) is 6.61 Å². The molecule has 2 rings (SSSR count). The molecule has 1 aliphatic rings. The van der Waals surface area contributed by atoms with E-state index in [0.717, 1.165) is 11.4 Å². The number of rotatable bonds is 5. The lowest BCUT2D eigenvalue weighted by atomic mass is 10.1. The number of urea groups is 1. The van der Waals surface area contributed by atoms with Gasteiger partial charge in [-0.15, -0.1) is 0 Å². The Kier molecular flexibility index (Phi) is 5.13. The average Bonchev–Trinajstić information content (AvgIpc) is 2.79. The van der Waals surface area contributed by atoms with E-state index in [0.29, 0.717) is 19.7 Å². The quantitative estimate of drug-likeness (QED) is 0.905. The maximum absolute atomic E-state index is 12.5. The van der Waals surface area contributed by atoms with Gasteiger partial charge >= 0.3 is 6.03 Å². The van der Waals surface area contributed by atoms with Crippen molar-refractivity contribution in [1.82, 2.24) is 10.2 Å². The van der Waals surface area contributed by atoms with Crippen molar-refractivity contribution < 1.29 is 14.3 Å². The van der Waals surface area contributed by atoms with Crippen molar-refractivity contribution in [2.45, 2.75) is 33.2 Å². The highest BCUT2D eigenvalue weighted by atomic mass is 16.5. The Morgan fingerprint density at radius 2 is 1.87 bits per heavy atom. The lowest BCUT2D eigenvalue weighted by molar-refractivity contribution is -0.122. The van der Waals surface area contributed by atoms with E-state index >= 15 is 0 Å². The number of nitrogens with one attached hydrogen (secondary N) is 1. The van der Waals surface area contributed by atoms with Crippen LogP contribution in [0.1, 0.15) is 27.7 Å². The van der Waals surface area contributed by atoms with Crippen molar-refractivity contribution in [1.29, 1.82) is 0 Å². The number of carbonyl (C=O) groups excluding carboxylic acids is 2. The predicted molar refractivity (Wildman–Crippen MR) is 89.8 cm³/mol. The summed E-state index contributed by atoms with van der Waals surface area (Å²) in [5.41, 5.74) is 0.520. The Labute approximate surface area is 137 Å². The normalized spacial score (nSPS) is 15.0. The molecule has 0 spiro atoms. The standard InChI is InChI=1S/C17H25N3O3/c1-5-23-14-8-6-13(7-9-14)20-11-10-19(16(20)22)12-15(21)18-17(2,3)4/h6-9H,5,10-12H2,1-4H3,(H,18,21). The minimum Gasteiger partial charge on any atom is -0.494 e. The van der Waals surface area contributed by atoms with Gasteiger partial charge < -0.3 is 15.0 Å². The summed E-state index contributed by atoms with van der Waals surface area (Å²) in [6.45, 7) is 9.51. The van der Waals surface area contributed by atoms with Crippen molar-refractivity contribution in [3.05, 3.63) is 24.3 Å². The maximum atomic E-state index is 12.5. The van der Waals surface area contributed by atoms with Crippen molar-refractivity contribution in [3.8, 4) is 5.75 Å². The summed E-state index contributed by atoms with van der Waals surface area (Å²) in [7, 11) is 0. The van der Waals surface area contributed by atoms with Crippen LogP contribution in [0.3, 0.4) is 0 Å². The lowest BCUT2D eigenvalue weighted by Crippen LogP contribution is -2.46. The van der Waals surface area contributed by atoms with Crippen LogP contribution in [0.4, 0.5) is 10.5 Å². The van der Waals surface area contributed by atoms with E-state index in [1.807, 2.05) is 52.0 Å². The van der Waals surface area contributed by atoms with Gasteiger partial charge in [0.15, 0.2) is 0 Å². The van der Waals surface area contributed by atoms with E-state index in [-0.39, 0.29) is 24.0 Å². The molecule has 1 N–H and O–H groups in total. The van der Waals surface area contributed by atoms with Gasteiger partial charge in [-0.3, -0.25) is 9.69 Å². The maximum Gasteiger partial charge on any atom is 0.325 e. The van der Waals surface area contributed by atoms with E-state index < -0.39 is 0 Å². The van der Waals surface area contributed by atoms with Crippen LogP contribution in [0.2, 0.25) is 0 Å². The van der Waals surface area contributed by atoms with Crippen molar-refractivity contribution in [3.63, 3.8) is 0 Å². The molecule has 1 saturated heterocycles. The fourth-order valence-electron chi connectivity index (χ4n) is 2.49. The summed E-state index contributed by atoms with van der Waals surface area (Å²) < 4.78 is 5.40. The smallest absolute Gasteiger partial charge is 0.325 e. The van der Waals surface area contributed by atoms with Gasteiger partial charge in [-0.1, -0.05) is 0 Å². The topological polar surface area (TPSA) is 61.9 Å². The van der Waals surface area contributed by atoms with Crippen LogP contribution < -0.4 is 15.0 Å². The zero-order valence-corrected chi connectivity index (χ0v) is 14.3. The van der Waals surface area contributed by atoms with Crippen molar-refractivity contribution >= 4 is 17.6 Å². The van der Waals surface area contributed by atoms with Gasteiger partial charge in [0.25, 0.3) is 0 Å². The first-order chi connectivity index (χ1) is 10.8. The number of anilines is 1. The largest absolute Gasteiger partial charge is 0.494 e. The second kappa shape index (κ2) is 6.89. The molecule has 0 aliphatic carbocycles. The van der Waals surface area contributed by atoms with Crippen LogP contribution in [0, 0.1) is 0 Å². The molecule has 0 radical (unpaired) electrons. The molecule has 1 aromatic carbocycles. The van der Waals surface area contributed by atoms with Crippen LogP contribution in [-0.4, -0.2) is 48.6 Å². The van der Waals surface area contributed by atoms with Crippen molar-refractivity contribution in [2.75, 3.05) is 31.1 Å². The molecule has 1 aliphatic heterocycles. The first-order valence-electron chi connectivity index (χ1n) is 7.90. The number of benzene rings is 1. The first kappa shape index (κ1) is 17.1. The first-order valence-corrected chi connectivity index (χ1v) is 7.90. The lowest BCUT2D eigenvalue weighted by Gasteiger charge is -2.23. The number of carbonyl (C=O) groups is 2. The fourth-order valence-corrected chi connectivity index (χ4v) is 2.49. The zero-order valence-electron chi connectivity index (χ0n) is 14.3. The molecule has 1 heterocycles. The third-order valence-electron chi connectivity index (χ3n) is 3.40. The Balaban J connectivity index is 1.97. The Bertz CT molecular complexity index is 563. The fraction of sp³-hybridized carbons (Fsp3) is 0.529. The molecule has 3 amide bonds. The summed E-state index contributed by atoms with van der Waals surface area (Å²) in [6, 6.07) is 7.28. The van der Waals surface area contributed by atoms with Crippen LogP contribution in [0.25, 0.3) is 0 Å². The third kappa shape index (κ3) is 4.61. The second-order valence-corrected chi connectivity index (χ2v) is 6.58. The molecule has 0 saturated carbocycles. The minimum atomic E-state index is -0.297. The summed E-state index contributed by atoms with van der Waals surface area (Å²) in [4.78, 5) is 27.7. The van der Waals surface area contributed by atoms with Gasteiger partial charge in [-0.05, 0) is 52.0 Å². The molecular weight excluding hydrogens is 294 g/mol.